The summed E-state index contributed by atoms with van der Waals surface area (Å²) in [6.45, 7) is 4.35. The summed E-state index contributed by atoms with van der Waals surface area (Å²) in [5.74, 6) is 0. The van der Waals surface area contributed by atoms with Crippen molar-refractivity contribution in [3.05, 3.63) is 46.8 Å². The van der Waals surface area contributed by atoms with Crippen LogP contribution in [0.1, 0.15) is 11.1 Å². The second-order valence-electron chi connectivity index (χ2n) is 5.67. The molecule has 1 saturated heterocycles. The molecule has 1 aromatic carbocycles. The van der Waals surface area contributed by atoms with Crippen LogP contribution in [-0.4, -0.2) is 33.7 Å². The second kappa shape index (κ2) is 6.54. The number of cyclic esters (lactones) is 1. The van der Waals surface area contributed by atoms with Crippen molar-refractivity contribution in [2.24, 2.45) is 0 Å². The summed E-state index contributed by atoms with van der Waals surface area (Å²) in [4.78, 5) is 13.6. The third kappa shape index (κ3) is 3.45. The van der Waals surface area contributed by atoms with E-state index in [9.17, 15) is 13.2 Å². The predicted molar refractivity (Wildman–Crippen MR) is 93.0 cm³/mol. The molecule has 0 bridgehead atoms. The van der Waals surface area contributed by atoms with Gasteiger partial charge >= 0.3 is 6.09 Å². The Morgan fingerprint density at radius 3 is 2.75 bits per heavy atom. The maximum atomic E-state index is 12.1. The molecule has 1 unspecified atom stereocenters. The van der Waals surface area contributed by atoms with Crippen molar-refractivity contribution in [3.63, 3.8) is 0 Å². The van der Waals surface area contributed by atoms with Gasteiger partial charge in [0.25, 0.3) is 0 Å². The largest absolute Gasteiger partial charge is 0.443 e. The van der Waals surface area contributed by atoms with Gasteiger partial charge in [0.15, 0.2) is 0 Å². The van der Waals surface area contributed by atoms with Crippen LogP contribution in [0, 0.1) is 13.8 Å². The third-order valence-electron chi connectivity index (χ3n) is 3.94. The highest BCUT2D eigenvalue weighted by Gasteiger charge is 2.33. The van der Waals surface area contributed by atoms with E-state index in [0.29, 0.717) is 6.54 Å². The van der Waals surface area contributed by atoms with Crippen molar-refractivity contribution in [1.82, 2.24) is 4.72 Å². The summed E-state index contributed by atoms with van der Waals surface area (Å²) >= 11 is 1.14. The van der Waals surface area contributed by atoms with E-state index in [1.165, 1.54) is 11.0 Å². The van der Waals surface area contributed by atoms with E-state index in [0.717, 1.165) is 28.2 Å². The molecule has 0 spiro atoms. The molecule has 1 N–H and O–H groups in total. The lowest BCUT2D eigenvalue weighted by Gasteiger charge is -2.14. The standard InChI is InChI=1S/C16H18N2O4S2/c1-11-5-6-13(8-12(11)2)18-10-14(22-16(18)19)9-17-24(20,21)15-4-3-7-23-15/h3-8,14,17H,9-10H2,1-2H3. The summed E-state index contributed by atoms with van der Waals surface area (Å²) in [5.41, 5.74) is 2.99. The number of hydrogen-bond acceptors (Lipinski definition) is 5. The fraction of sp³-hybridized carbons (Fsp3) is 0.312. The van der Waals surface area contributed by atoms with E-state index in [1.54, 1.807) is 11.4 Å². The summed E-state index contributed by atoms with van der Waals surface area (Å²) in [7, 11) is -3.56. The molecule has 1 fully saturated rings. The average molecular weight is 366 g/mol. The van der Waals surface area contributed by atoms with Gasteiger partial charge in [0, 0.05) is 12.2 Å². The van der Waals surface area contributed by atoms with Crippen LogP contribution in [0.15, 0.2) is 39.9 Å². The van der Waals surface area contributed by atoms with Crippen LogP contribution in [-0.2, 0) is 14.8 Å². The van der Waals surface area contributed by atoms with Crippen LogP contribution in [0.4, 0.5) is 10.5 Å². The summed E-state index contributed by atoms with van der Waals surface area (Å²) in [6, 6.07) is 8.95. The van der Waals surface area contributed by atoms with Gasteiger partial charge < -0.3 is 4.74 Å². The molecule has 6 nitrogen and oxygen atoms in total. The number of sulfonamides is 1. The van der Waals surface area contributed by atoms with E-state index in [2.05, 4.69) is 4.72 Å². The molecular weight excluding hydrogens is 348 g/mol. The van der Waals surface area contributed by atoms with Gasteiger partial charge in [-0.2, -0.15) is 0 Å². The lowest BCUT2D eigenvalue weighted by molar-refractivity contribution is 0.143. The van der Waals surface area contributed by atoms with Crippen LogP contribution in [0.2, 0.25) is 0 Å². The number of hydrogen-bond donors (Lipinski definition) is 1. The maximum Gasteiger partial charge on any atom is 0.414 e. The van der Waals surface area contributed by atoms with E-state index < -0.39 is 22.2 Å². The van der Waals surface area contributed by atoms with Gasteiger partial charge in [-0.3, -0.25) is 4.90 Å². The zero-order valence-electron chi connectivity index (χ0n) is 13.4. The Hall–Kier alpha value is -1.90. The van der Waals surface area contributed by atoms with Crippen LogP contribution in [0.25, 0.3) is 0 Å². The van der Waals surface area contributed by atoms with Gasteiger partial charge in [-0.1, -0.05) is 12.1 Å². The van der Waals surface area contributed by atoms with Crippen molar-refractivity contribution >= 4 is 33.1 Å². The lowest BCUT2D eigenvalue weighted by Crippen LogP contribution is -2.34. The van der Waals surface area contributed by atoms with Crippen molar-refractivity contribution < 1.29 is 17.9 Å². The van der Waals surface area contributed by atoms with Crippen LogP contribution >= 0.6 is 11.3 Å². The molecule has 2 heterocycles. The maximum absolute atomic E-state index is 12.1. The SMILES string of the molecule is Cc1ccc(N2CC(CNS(=O)(=O)c3cccs3)OC2=O)cc1C. The van der Waals surface area contributed by atoms with Crippen LogP contribution in [0.5, 0.6) is 0 Å². The Labute approximate surface area is 145 Å². The van der Waals surface area contributed by atoms with Crippen LogP contribution in [0.3, 0.4) is 0 Å². The molecule has 2 aromatic rings. The molecule has 0 aliphatic carbocycles. The van der Waals surface area contributed by atoms with E-state index in [1.807, 2.05) is 32.0 Å². The molecule has 24 heavy (non-hydrogen) atoms. The zero-order chi connectivity index (χ0) is 17.3. The van der Waals surface area contributed by atoms with Gasteiger partial charge in [-0.15, -0.1) is 11.3 Å². The van der Waals surface area contributed by atoms with Crippen LogP contribution < -0.4 is 9.62 Å². The number of nitrogens with zero attached hydrogens (tertiary/aromatic N) is 1. The summed E-state index contributed by atoms with van der Waals surface area (Å²) < 4.78 is 32.2. The first-order chi connectivity index (χ1) is 11.4. The minimum Gasteiger partial charge on any atom is -0.443 e. The minimum absolute atomic E-state index is 0.0489. The van der Waals surface area contributed by atoms with Crippen molar-refractivity contribution in [2.45, 2.75) is 24.2 Å². The molecule has 1 amide bonds. The first kappa shape index (κ1) is 16.9. The van der Waals surface area contributed by atoms with Gasteiger partial charge in [0.05, 0.1) is 6.54 Å². The number of nitrogens with one attached hydrogen (secondary N) is 1. The molecule has 1 atom stereocenters. The summed E-state index contributed by atoms with van der Waals surface area (Å²) in [5, 5.41) is 1.70. The first-order valence-electron chi connectivity index (χ1n) is 7.45. The predicted octanol–water partition coefficient (Wildman–Crippen LogP) is 2.67. The van der Waals surface area contributed by atoms with Crippen molar-refractivity contribution in [3.8, 4) is 0 Å². The van der Waals surface area contributed by atoms with Crippen molar-refractivity contribution in [2.75, 3.05) is 18.0 Å². The van der Waals surface area contributed by atoms with Gasteiger partial charge in [0.1, 0.15) is 10.3 Å². The number of amides is 1. The molecule has 1 aliphatic heterocycles. The summed E-state index contributed by atoms with van der Waals surface area (Å²) in [6.07, 6.45) is -0.979. The highest BCUT2D eigenvalue weighted by atomic mass is 32.2. The number of carbonyl (C=O) groups is 1. The van der Waals surface area contributed by atoms with Gasteiger partial charge in [-0.25, -0.2) is 17.9 Å². The molecule has 1 aliphatic rings. The van der Waals surface area contributed by atoms with E-state index in [4.69, 9.17) is 4.74 Å². The fourth-order valence-electron chi connectivity index (χ4n) is 2.42. The Kier molecular flexibility index (Phi) is 4.62. The van der Waals surface area contributed by atoms with Gasteiger partial charge in [-0.05, 0) is 48.6 Å². The topological polar surface area (TPSA) is 75.7 Å². The number of aryl methyl sites for hydroxylation is 2. The Balaban J connectivity index is 1.66. The number of rotatable bonds is 5. The molecule has 1 aromatic heterocycles. The number of ether oxygens (including phenoxy) is 1. The number of anilines is 1. The van der Waals surface area contributed by atoms with Gasteiger partial charge in [0.2, 0.25) is 10.0 Å². The fourth-order valence-corrected chi connectivity index (χ4v) is 4.53. The molecule has 0 saturated carbocycles. The molecular formula is C16H18N2O4S2. The quantitative estimate of drug-likeness (QED) is 0.883. The monoisotopic (exact) mass is 366 g/mol. The van der Waals surface area contributed by atoms with E-state index in [-0.39, 0.29) is 10.8 Å². The molecule has 128 valence electrons. The smallest absolute Gasteiger partial charge is 0.414 e. The molecule has 8 heteroatoms. The third-order valence-corrected chi connectivity index (χ3v) is 6.76. The average Bonchev–Trinajstić information content (AvgIpc) is 3.18. The number of thiophene rings is 1. The first-order valence-corrected chi connectivity index (χ1v) is 9.82. The normalized spacial score (nSPS) is 18.0. The highest BCUT2D eigenvalue weighted by molar-refractivity contribution is 7.91. The number of benzene rings is 1. The number of carbonyl (C=O) groups excluding carboxylic acids is 1. The van der Waals surface area contributed by atoms with Crippen molar-refractivity contribution in [1.29, 1.82) is 0 Å². The minimum atomic E-state index is -3.56. The Bertz CT molecular complexity index is 847. The second-order valence-corrected chi connectivity index (χ2v) is 8.61. The zero-order valence-corrected chi connectivity index (χ0v) is 15.0. The Morgan fingerprint density at radius 2 is 2.08 bits per heavy atom. The Morgan fingerprint density at radius 1 is 1.29 bits per heavy atom. The molecule has 3 rings (SSSR count). The highest BCUT2D eigenvalue weighted by Crippen LogP contribution is 2.24. The molecule has 0 radical (unpaired) electrons. The van der Waals surface area contributed by atoms with E-state index >= 15 is 0 Å². The lowest BCUT2D eigenvalue weighted by atomic mass is 10.1.